The minimum absolute atomic E-state index is 0.124. The van der Waals surface area contributed by atoms with Crippen LogP contribution in [0.25, 0.3) is 0 Å². The van der Waals surface area contributed by atoms with Crippen LogP contribution in [0.4, 0.5) is 17.3 Å². The fourth-order valence-electron chi connectivity index (χ4n) is 1.45. The van der Waals surface area contributed by atoms with Gasteiger partial charge in [0.1, 0.15) is 12.0 Å². The zero-order chi connectivity index (χ0) is 13.4. The summed E-state index contributed by atoms with van der Waals surface area (Å²) in [5.41, 5.74) is 6.48. The summed E-state index contributed by atoms with van der Waals surface area (Å²) < 4.78 is 10.00. The number of nitrogens with two attached hydrogens (primary N) is 1. The molecule has 1 aromatic heterocycles. The monoisotopic (exact) mass is 255 g/mol. The average molecular weight is 255 g/mol. The van der Waals surface area contributed by atoms with Crippen LogP contribution in [0.5, 0.6) is 0 Å². The van der Waals surface area contributed by atoms with E-state index in [1.807, 2.05) is 6.92 Å². The lowest BCUT2D eigenvalue weighted by Gasteiger charge is -2.16. The Balaban J connectivity index is 2.65. The quantitative estimate of drug-likeness (QED) is 0.584. The fourth-order valence-corrected chi connectivity index (χ4v) is 1.45. The van der Waals surface area contributed by atoms with Gasteiger partial charge in [0.05, 0.1) is 13.2 Å². The van der Waals surface area contributed by atoms with Gasteiger partial charge in [-0.15, -0.1) is 0 Å². The number of methoxy groups -OCH3 is 2. The molecule has 0 fully saturated rings. The zero-order valence-electron chi connectivity index (χ0n) is 11.1. The van der Waals surface area contributed by atoms with Crippen molar-refractivity contribution in [1.29, 1.82) is 0 Å². The number of nitrogen functional groups attached to an aromatic ring is 1. The third-order valence-corrected chi connectivity index (χ3v) is 2.28. The third kappa shape index (κ3) is 4.34. The van der Waals surface area contributed by atoms with Crippen molar-refractivity contribution in [1.82, 2.24) is 9.97 Å². The maximum absolute atomic E-state index is 5.98. The molecule has 102 valence electrons. The van der Waals surface area contributed by atoms with Crippen molar-refractivity contribution in [3.63, 3.8) is 0 Å². The number of aromatic nitrogens is 2. The average Bonchev–Trinajstić information content (AvgIpc) is 2.34. The number of hydrogen-bond donors (Lipinski definition) is 3. The van der Waals surface area contributed by atoms with E-state index >= 15 is 0 Å². The molecule has 0 spiro atoms. The summed E-state index contributed by atoms with van der Waals surface area (Å²) in [7, 11) is 3.30. The van der Waals surface area contributed by atoms with Gasteiger partial charge in [0.15, 0.2) is 11.6 Å². The van der Waals surface area contributed by atoms with Gasteiger partial charge < -0.3 is 25.8 Å². The van der Waals surface area contributed by atoms with Gasteiger partial charge >= 0.3 is 0 Å². The largest absolute Gasteiger partial charge is 0.393 e. The highest BCUT2D eigenvalue weighted by atomic mass is 16.5. The first-order chi connectivity index (χ1) is 8.69. The number of ether oxygens (including phenoxy) is 2. The minimum atomic E-state index is 0.124. The number of rotatable bonds is 8. The molecular weight excluding hydrogens is 234 g/mol. The summed E-state index contributed by atoms with van der Waals surface area (Å²) >= 11 is 0. The smallest absolute Gasteiger partial charge is 0.155 e. The maximum Gasteiger partial charge on any atom is 0.155 e. The van der Waals surface area contributed by atoms with Crippen LogP contribution >= 0.6 is 0 Å². The Hall–Kier alpha value is -1.60. The molecule has 0 aromatic carbocycles. The number of hydrogen-bond acceptors (Lipinski definition) is 7. The molecule has 0 aliphatic rings. The molecule has 1 unspecified atom stereocenters. The molecule has 1 atom stereocenters. The fraction of sp³-hybridized carbons (Fsp3) is 0.636. The lowest BCUT2D eigenvalue weighted by atomic mass is 10.3. The lowest BCUT2D eigenvalue weighted by molar-refractivity contribution is 0.190. The maximum atomic E-state index is 5.98. The molecule has 0 saturated heterocycles. The van der Waals surface area contributed by atoms with Crippen molar-refractivity contribution in [2.24, 2.45) is 0 Å². The van der Waals surface area contributed by atoms with Crippen LogP contribution in [0.15, 0.2) is 6.33 Å². The second-order valence-electron chi connectivity index (χ2n) is 3.90. The Morgan fingerprint density at radius 1 is 1.28 bits per heavy atom. The highest BCUT2D eigenvalue weighted by molar-refractivity contribution is 5.74. The third-order valence-electron chi connectivity index (χ3n) is 2.28. The molecule has 1 rings (SSSR count). The van der Waals surface area contributed by atoms with Gasteiger partial charge in [0.2, 0.25) is 0 Å². The van der Waals surface area contributed by atoms with Crippen molar-refractivity contribution in [2.75, 3.05) is 50.3 Å². The van der Waals surface area contributed by atoms with Crippen LogP contribution in [0.2, 0.25) is 0 Å². The van der Waals surface area contributed by atoms with Crippen molar-refractivity contribution >= 4 is 17.3 Å². The molecule has 1 heterocycles. The Labute approximate surface area is 107 Å². The van der Waals surface area contributed by atoms with Gasteiger partial charge in [-0.25, -0.2) is 9.97 Å². The van der Waals surface area contributed by atoms with E-state index in [1.54, 1.807) is 14.2 Å². The SMILES string of the molecule is COCCNc1ncnc(NC(C)COC)c1N. The van der Waals surface area contributed by atoms with E-state index in [-0.39, 0.29) is 6.04 Å². The van der Waals surface area contributed by atoms with E-state index in [1.165, 1.54) is 6.33 Å². The van der Waals surface area contributed by atoms with Crippen molar-refractivity contribution in [2.45, 2.75) is 13.0 Å². The molecule has 0 radical (unpaired) electrons. The molecule has 7 nitrogen and oxygen atoms in total. The predicted molar refractivity (Wildman–Crippen MR) is 71.8 cm³/mol. The number of nitrogens with zero attached hydrogens (tertiary/aromatic N) is 2. The number of nitrogens with one attached hydrogen (secondary N) is 2. The molecule has 4 N–H and O–H groups in total. The highest BCUT2D eigenvalue weighted by Gasteiger charge is 2.10. The summed E-state index contributed by atoms with van der Waals surface area (Å²) in [6.07, 6.45) is 1.47. The van der Waals surface area contributed by atoms with E-state index in [9.17, 15) is 0 Å². The second-order valence-corrected chi connectivity index (χ2v) is 3.90. The standard InChI is InChI=1S/C11H21N5O2/c1-8(6-18-3)16-11-9(12)10(14-7-15-11)13-4-5-17-2/h7-8H,4-6,12H2,1-3H3,(H2,13,14,15,16). The summed E-state index contributed by atoms with van der Waals surface area (Å²) in [6, 6.07) is 0.124. The van der Waals surface area contributed by atoms with Crippen LogP contribution in [0.1, 0.15) is 6.92 Å². The lowest BCUT2D eigenvalue weighted by Crippen LogP contribution is -2.23. The first-order valence-electron chi connectivity index (χ1n) is 5.77. The van der Waals surface area contributed by atoms with Crippen LogP contribution in [0.3, 0.4) is 0 Å². The van der Waals surface area contributed by atoms with Crippen LogP contribution in [0, 0.1) is 0 Å². The summed E-state index contributed by atoms with van der Waals surface area (Å²) in [6.45, 7) is 3.80. The molecule has 0 amide bonds. The first kappa shape index (κ1) is 14.5. The van der Waals surface area contributed by atoms with Gasteiger partial charge in [0, 0.05) is 26.8 Å². The normalized spacial score (nSPS) is 12.2. The number of anilines is 3. The zero-order valence-corrected chi connectivity index (χ0v) is 11.1. The minimum Gasteiger partial charge on any atom is -0.393 e. The molecule has 0 aliphatic heterocycles. The summed E-state index contributed by atoms with van der Waals surface area (Å²) in [4.78, 5) is 8.21. The molecule has 7 heteroatoms. The molecule has 18 heavy (non-hydrogen) atoms. The van der Waals surface area contributed by atoms with Crippen molar-refractivity contribution in [3.8, 4) is 0 Å². The van der Waals surface area contributed by atoms with Crippen LogP contribution in [-0.4, -0.2) is 50.0 Å². The van der Waals surface area contributed by atoms with Crippen molar-refractivity contribution < 1.29 is 9.47 Å². The Kier molecular flexibility index (Phi) is 6.16. The molecular formula is C11H21N5O2. The second kappa shape index (κ2) is 7.67. The van der Waals surface area contributed by atoms with Gasteiger partial charge in [-0.3, -0.25) is 0 Å². The van der Waals surface area contributed by atoms with Gasteiger partial charge in [-0.05, 0) is 6.92 Å². The molecule has 0 bridgehead atoms. The van der Waals surface area contributed by atoms with E-state index in [2.05, 4.69) is 20.6 Å². The molecule has 1 aromatic rings. The Morgan fingerprint density at radius 2 is 2.00 bits per heavy atom. The van der Waals surface area contributed by atoms with Crippen molar-refractivity contribution in [3.05, 3.63) is 6.33 Å². The first-order valence-corrected chi connectivity index (χ1v) is 5.77. The Bertz CT molecular complexity index is 361. The van der Waals surface area contributed by atoms with Gasteiger partial charge in [0.25, 0.3) is 0 Å². The highest BCUT2D eigenvalue weighted by Crippen LogP contribution is 2.22. The van der Waals surface area contributed by atoms with Gasteiger partial charge in [-0.2, -0.15) is 0 Å². The molecule has 0 saturated carbocycles. The van der Waals surface area contributed by atoms with E-state index < -0.39 is 0 Å². The van der Waals surface area contributed by atoms with Crippen LogP contribution in [-0.2, 0) is 9.47 Å². The molecule has 0 aliphatic carbocycles. The Morgan fingerprint density at radius 3 is 2.67 bits per heavy atom. The van der Waals surface area contributed by atoms with E-state index in [0.717, 1.165) is 0 Å². The van der Waals surface area contributed by atoms with E-state index in [0.29, 0.717) is 37.1 Å². The van der Waals surface area contributed by atoms with Crippen LogP contribution < -0.4 is 16.4 Å². The topological polar surface area (TPSA) is 94.3 Å². The predicted octanol–water partition coefficient (Wildman–Crippen LogP) is 0.564. The summed E-state index contributed by atoms with van der Waals surface area (Å²) in [5, 5.41) is 6.26. The van der Waals surface area contributed by atoms with Gasteiger partial charge in [-0.1, -0.05) is 0 Å². The van der Waals surface area contributed by atoms with E-state index in [4.69, 9.17) is 15.2 Å². The summed E-state index contributed by atoms with van der Waals surface area (Å²) in [5.74, 6) is 1.21.